The minimum atomic E-state index is -1.13. The van der Waals surface area contributed by atoms with Crippen LogP contribution in [-0.4, -0.2) is 37.9 Å². The van der Waals surface area contributed by atoms with Gasteiger partial charge in [0.05, 0.1) is 16.7 Å². The fraction of sp³-hybridized carbons (Fsp3) is 0.611. The van der Waals surface area contributed by atoms with E-state index in [1.807, 2.05) is 0 Å². The summed E-state index contributed by atoms with van der Waals surface area (Å²) in [6, 6.07) is 4.83. The molecule has 138 valence electrons. The number of nitro groups is 1. The Morgan fingerprint density at radius 1 is 1.32 bits per heavy atom. The molecule has 1 aliphatic heterocycles. The zero-order chi connectivity index (χ0) is 18.7. The molecule has 0 bridgehead atoms. The molecule has 2 atom stereocenters. The maximum Gasteiger partial charge on any atom is 0.320 e. The van der Waals surface area contributed by atoms with E-state index in [2.05, 4.69) is 37.6 Å². The van der Waals surface area contributed by atoms with Gasteiger partial charge in [-0.2, -0.15) is 4.99 Å². The molecule has 0 N–H and O–H groups in total. The van der Waals surface area contributed by atoms with Gasteiger partial charge < -0.3 is 9.45 Å². The number of amidine groups is 1. The van der Waals surface area contributed by atoms with Crippen LogP contribution in [0.3, 0.4) is 0 Å². The van der Waals surface area contributed by atoms with Gasteiger partial charge in [-0.05, 0) is 36.8 Å². The lowest BCUT2D eigenvalue weighted by molar-refractivity contribution is -0.384. The monoisotopic (exact) mass is 365 g/mol. The summed E-state index contributed by atoms with van der Waals surface area (Å²) in [5.74, 6) is 1.57. The average molecular weight is 365 g/mol. The number of benzene rings is 1. The summed E-state index contributed by atoms with van der Waals surface area (Å²) in [5, 5.41) is 11.5. The van der Waals surface area contributed by atoms with Crippen molar-refractivity contribution in [2.75, 3.05) is 12.3 Å². The Labute approximate surface area is 152 Å². The number of hydrogen-bond acceptors (Lipinski definition) is 4. The lowest BCUT2D eigenvalue weighted by atomic mass is 10.0. The molecule has 0 saturated carbocycles. The van der Waals surface area contributed by atoms with E-state index in [0.29, 0.717) is 28.4 Å². The van der Waals surface area contributed by atoms with Crippen LogP contribution in [0.4, 0.5) is 11.4 Å². The van der Waals surface area contributed by atoms with Crippen LogP contribution < -0.4 is 0 Å². The second-order valence-corrected chi connectivity index (χ2v) is 8.85. The van der Waals surface area contributed by atoms with Crippen LogP contribution in [0, 0.1) is 28.9 Å². The topological polar surface area (TPSA) is 81.8 Å². The van der Waals surface area contributed by atoms with Crippen LogP contribution in [0.5, 0.6) is 0 Å². The molecule has 1 saturated heterocycles. The highest BCUT2D eigenvalue weighted by Gasteiger charge is 2.41. The van der Waals surface area contributed by atoms with E-state index in [1.54, 1.807) is 13.0 Å². The minimum Gasteiger partial charge on any atom is -0.609 e. The standard InChI is InChI=1S/C18H27N3O3S/c1-12(2)8-16-11-25(24)18(20(16)10-13(3)4)19-17-7-6-15(21(22)23)9-14(17)5/h6-7,9,12-13,16H,8,10-11H2,1-5H3/b19-18-/t16-,25?/m0/s1. The Kier molecular flexibility index (Phi) is 6.46. The lowest BCUT2D eigenvalue weighted by Crippen LogP contribution is -2.38. The molecule has 1 aromatic carbocycles. The summed E-state index contributed by atoms with van der Waals surface area (Å²) < 4.78 is 12.7. The largest absolute Gasteiger partial charge is 0.609 e. The normalized spacial score (nSPS) is 22.4. The molecule has 1 aromatic rings. The molecule has 2 rings (SSSR count). The number of rotatable bonds is 6. The molecule has 7 heteroatoms. The van der Waals surface area contributed by atoms with E-state index in [0.717, 1.165) is 18.5 Å². The van der Waals surface area contributed by atoms with Gasteiger partial charge in [0.25, 0.3) is 5.69 Å². The predicted octanol–water partition coefficient (Wildman–Crippen LogP) is 4.03. The zero-order valence-electron chi connectivity index (χ0n) is 15.6. The zero-order valence-corrected chi connectivity index (χ0v) is 16.4. The van der Waals surface area contributed by atoms with Gasteiger partial charge in [-0.25, -0.2) is 0 Å². The highest BCUT2D eigenvalue weighted by atomic mass is 32.2. The van der Waals surface area contributed by atoms with Gasteiger partial charge in [-0.15, -0.1) is 0 Å². The SMILES string of the molecule is Cc1cc([N+](=O)[O-])ccc1/N=C1/N(CC(C)C)[C@@H](CC(C)C)C[S+]1[O-]. The van der Waals surface area contributed by atoms with Gasteiger partial charge in [0, 0.05) is 29.9 Å². The highest BCUT2D eigenvalue weighted by molar-refractivity contribution is 8.06. The molecule has 1 heterocycles. The van der Waals surface area contributed by atoms with Crippen molar-refractivity contribution in [1.29, 1.82) is 0 Å². The predicted molar refractivity (Wildman–Crippen MR) is 103 cm³/mol. The van der Waals surface area contributed by atoms with E-state index < -0.39 is 16.1 Å². The van der Waals surface area contributed by atoms with Gasteiger partial charge in [-0.1, -0.05) is 27.7 Å². The third kappa shape index (κ3) is 4.95. The van der Waals surface area contributed by atoms with Crippen LogP contribution >= 0.6 is 0 Å². The molecule has 0 aromatic heterocycles. The average Bonchev–Trinajstić information content (AvgIpc) is 2.76. The molecular weight excluding hydrogens is 338 g/mol. The Morgan fingerprint density at radius 2 is 2.00 bits per heavy atom. The Hall–Kier alpha value is -1.60. The number of hydrogen-bond donors (Lipinski definition) is 0. The molecule has 1 aliphatic rings. The second-order valence-electron chi connectivity index (χ2n) is 7.46. The quantitative estimate of drug-likeness (QED) is 0.433. The lowest BCUT2D eigenvalue weighted by Gasteiger charge is -2.25. The smallest absolute Gasteiger partial charge is 0.320 e. The van der Waals surface area contributed by atoms with E-state index in [-0.39, 0.29) is 11.7 Å². The fourth-order valence-electron chi connectivity index (χ4n) is 3.08. The van der Waals surface area contributed by atoms with Crippen molar-refractivity contribution in [3.8, 4) is 0 Å². The van der Waals surface area contributed by atoms with Gasteiger partial charge in [0.15, 0.2) is 0 Å². The molecule has 6 nitrogen and oxygen atoms in total. The van der Waals surface area contributed by atoms with Crippen LogP contribution in [0.15, 0.2) is 23.2 Å². The van der Waals surface area contributed by atoms with Crippen molar-refractivity contribution >= 4 is 27.7 Å². The summed E-state index contributed by atoms with van der Waals surface area (Å²) in [6.45, 7) is 11.2. The third-order valence-corrected chi connectivity index (χ3v) is 5.57. The van der Waals surface area contributed by atoms with E-state index in [9.17, 15) is 14.7 Å². The van der Waals surface area contributed by atoms with Crippen molar-refractivity contribution in [2.24, 2.45) is 16.8 Å². The summed E-state index contributed by atoms with van der Waals surface area (Å²) in [4.78, 5) is 17.3. The van der Waals surface area contributed by atoms with E-state index >= 15 is 0 Å². The summed E-state index contributed by atoms with van der Waals surface area (Å²) in [6.07, 6.45) is 0.983. The number of aryl methyl sites for hydroxylation is 1. The third-order valence-electron chi connectivity index (χ3n) is 4.15. The summed E-state index contributed by atoms with van der Waals surface area (Å²) in [7, 11) is 0. The van der Waals surface area contributed by atoms with Crippen molar-refractivity contribution < 1.29 is 9.48 Å². The molecule has 0 aliphatic carbocycles. The molecule has 0 amide bonds. The number of nitro benzene ring substituents is 1. The summed E-state index contributed by atoms with van der Waals surface area (Å²) >= 11 is -1.13. The van der Waals surface area contributed by atoms with E-state index in [4.69, 9.17) is 0 Å². The van der Waals surface area contributed by atoms with Gasteiger partial charge >= 0.3 is 5.17 Å². The van der Waals surface area contributed by atoms with Gasteiger partial charge in [0.2, 0.25) is 0 Å². The minimum absolute atomic E-state index is 0.0470. The Bertz CT molecular complexity index is 661. The number of non-ortho nitro benzene ring substituents is 1. The fourth-order valence-corrected chi connectivity index (χ4v) is 4.58. The van der Waals surface area contributed by atoms with Crippen LogP contribution in [0.25, 0.3) is 0 Å². The molecule has 1 fully saturated rings. The first kappa shape index (κ1) is 19.7. The molecular formula is C18H27N3O3S. The van der Waals surface area contributed by atoms with Crippen LogP contribution in [0.2, 0.25) is 0 Å². The highest BCUT2D eigenvalue weighted by Crippen LogP contribution is 2.30. The Morgan fingerprint density at radius 3 is 2.52 bits per heavy atom. The van der Waals surface area contributed by atoms with Gasteiger partial charge in [-0.3, -0.25) is 10.1 Å². The van der Waals surface area contributed by atoms with Crippen molar-refractivity contribution in [2.45, 2.75) is 47.1 Å². The molecule has 0 spiro atoms. The first-order chi connectivity index (χ1) is 11.7. The second kappa shape index (κ2) is 8.19. The molecule has 1 unspecified atom stereocenters. The van der Waals surface area contributed by atoms with Crippen molar-refractivity contribution in [1.82, 2.24) is 4.90 Å². The molecule has 25 heavy (non-hydrogen) atoms. The Balaban J connectivity index is 2.36. The maximum absolute atomic E-state index is 12.7. The van der Waals surface area contributed by atoms with Crippen molar-refractivity contribution in [3.63, 3.8) is 0 Å². The van der Waals surface area contributed by atoms with Crippen molar-refractivity contribution in [3.05, 3.63) is 33.9 Å². The van der Waals surface area contributed by atoms with Gasteiger partial charge in [0.1, 0.15) is 5.75 Å². The molecule has 0 radical (unpaired) electrons. The maximum atomic E-state index is 12.7. The van der Waals surface area contributed by atoms with Crippen LogP contribution in [-0.2, 0) is 11.2 Å². The van der Waals surface area contributed by atoms with E-state index in [1.165, 1.54) is 12.1 Å². The first-order valence-corrected chi connectivity index (χ1v) is 9.99. The number of aliphatic imine (C=N–C) groups is 1. The van der Waals surface area contributed by atoms with Crippen LogP contribution in [0.1, 0.15) is 39.7 Å². The first-order valence-electron chi connectivity index (χ1n) is 8.67. The number of nitrogens with zero attached hydrogens (tertiary/aromatic N) is 3. The summed E-state index contributed by atoms with van der Waals surface area (Å²) in [5.41, 5.74) is 1.41.